The number of para-hydroxylation sites is 3. The van der Waals surface area contributed by atoms with Gasteiger partial charge in [-0.1, -0.05) is 36.4 Å². The highest BCUT2D eigenvalue weighted by atomic mass is 16.5. The molecule has 3 heterocycles. The lowest BCUT2D eigenvalue weighted by Crippen LogP contribution is -2.46. The van der Waals surface area contributed by atoms with Gasteiger partial charge in [0.15, 0.2) is 29.0 Å². The summed E-state index contributed by atoms with van der Waals surface area (Å²) in [6.07, 6.45) is 0. The van der Waals surface area contributed by atoms with E-state index in [0.717, 1.165) is 45.4 Å². The molecule has 10 nitrogen and oxygen atoms in total. The van der Waals surface area contributed by atoms with Crippen LogP contribution in [0.25, 0.3) is 5.69 Å². The number of aromatic nitrogens is 2. The van der Waals surface area contributed by atoms with Crippen molar-refractivity contribution >= 4 is 34.6 Å². The Morgan fingerprint density at radius 2 is 1.47 bits per heavy atom. The van der Waals surface area contributed by atoms with Crippen molar-refractivity contribution in [2.24, 2.45) is 9.98 Å². The molecule has 0 fully saturated rings. The summed E-state index contributed by atoms with van der Waals surface area (Å²) in [7, 11) is 6.54. The highest BCUT2D eigenvalue weighted by molar-refractivity contribution is 6.51. The molecule has 1 atom stereocenters. The normalized spacial score (nSPS) is 14.8. The molecular weight excluding hydrogens is 568 g/mol. The summed E-state index contributed by atoms with van der Waals surface area (Å²) in [6.45, 7) is 2.03. The summed E-state index contributed by atoms with van der Waals surface area (Å²) in [6, 6.07) is 29.4. The molecule has 2 aliphatic heterocycles. The van der Waals surface area contributed by atoms with Crippen LogP contribution in [0, 0.1) is 6.92 Å². The van der Waals surface area contributed by atoms with Gasteiger partial charge in [0.05, 0.1) is 62.9 Å². The van der Waals surface area contributed by atoms with Crippen molar-refractivity contribution in [3.05, 3.63) is 108 Å². The van der Waals surface area contributed by atoms with Crippen LogP contribution < -0.4 is 29.2 Å². The zero-order valence-electron chi connectivity index (χ0n) is 25.6. The molecule has 0 bridgehead atoms. The smallest absolute Gasteiger partial charge is 0.179 e. The third-order valence-electron chi connectivity index (χ3n) is 8.02. The van der Waals surface area contributed by atoms with Crippen LogP contribution in [-0.4, -0.2) is 49.9 Å². The standard InChI is InChI=1S/C35H32N6O4/c1-21-31-32(22-15-18-28(43-3)30(19-22)45-5)40-27-14-10-9-13-25(27)36-33(37-26-17-16-24(42-2)20-29(26)44-4)35(40)38-34(31)41(39-21)23-11-7-6-8-12-23/h6-20,32H,1-5H3,(H,36,37)/t32-/m0/s1. The van der Waals surface area contributed by atoms with Gasteiger partial charge in [0, 0.05) is 11.6 Å². The molecule has 0 spiro atoms. The summed E-state index contributed by atoms with van der Waals surface area (Å²) < 4.78 is 24.4. The van der Waals surface area contributed by atoms with Gasteiger partial charge in [-0.15, -0.1) is 0 Å². The number of benzene rings is 4. The molecule has 0 amide bonds. The number of nitrogens with one attached hydrogen (secondary N) is 1. The molecule has 1 aromatic heterocycles. The summed E-state index contributed by atoms with van der Waals surface area (Å²) in [5.41, 5.74) is 6.17. The monoisotopic (exact) mass is 600 g/mol. The van der Waals surface area contributed by atoms with E-state index < -0.39 is 0 Å². The third kappa shape index (κ3) is 4.71. The van der Waals surface area contributed by atoms with Crippen molar-refractivity contribution < 1.29 is 18.9 Å². The number of rotatable bonds is 7. The minimum atomic E-state index is -0.323. The Kier molecular flexibility index (Phi) is 7.09. The number of methoxy groups -OCH3 is 4. The molecule has 0 saturated heterocycles. The number of hydrogen-bond acceptors (Lipinski definition) is 9. The van der Waals surface area contributed by atoms with Gasteiger partial charge in [0.2, 0.25) is 0 Å². The van der Waals surface area contributed by atoms with Crippen molar-refractivity contribution in [1.82, 2.24) is 9.78 Å². The molecular formula is C35H32N6O4. The van der Waals surface area contributed by atoms with E-state index >= 15 is 0 Å². The van der Waals surface area contributed by atoms with Crippen molar-refractivity contribution in [2.45, 2.75) is 13.0 Å². The number of amidine groups is 2. The van der Waals surface area contributed by atoms with Crippen LogP contribution in [0.15, 0.2) is 101 Å². The molecule has 7 rings (SSSR count). The van der Waals surface area contributed by atoms with Gasteiger partial charge < -0.3 is 29.2 Å². The Morgan fingerprint density at radius 3 is 2.22 bits per heavy atom. The number of aliphatic imine (C=N–C) groups is 2. The maximum Gasteiger partial charge on any atom is 0.179 e. The number of ether oxygens (including phenoxy) is 4. The maximum absolute atomic E-state index is 5.76. The number of fused-ring (bicyclic) bond motifs is 4. The molecule has 5 aromatic rings. The van der Waals surface area contributed by atoms with Gasteiger partial charge in [0.1, 0.15) is 11.5 Å². The summed E-state index contributed by atoms with van der Waals surface area (Å²) >= 11 is 0. The molecule has 0 unspecified atom stereocenters. The number of nitrogens with zero attached hydrogens (tertiary/aromatic N) is 5. The Morgan fingerprint density at radius 1 is 0.711 bits per heavy atom. The zero-order valence-corrected chi connectivity index (χ0v) is 25.6. The summed E-state index contributed by atoms with van der Waals surface area (Å²) in [5, 5.41) is 8.54. The molecule has 0 aliphatic carbocycles. The van der Waals surface area contributed by atoms with Gasteiger partial charge in [-0.2, -0.15) is 5.10 Å². The third-order valence-corrected chi connectivity index (χ3v) is 8.02. The highest BCUT2D eigenvalue weighted by Crippen LogP contribution is 2.49. The average Bonchev–Trinajstić information content (AvgIpc) is 3.43. The highest BCUT2D eigenvalue weighted by Gasteiger charge is 2.42. The van der Waals surface area contributed by atoms with Crippen LogP contribution in [0.5, 0.6) is 23.0 Å². The van der Waals surface area contributed by atoms with Crippen molar-refractivity contribution in [3.8, 4) is 28.7 Å². The number of anilines is 2. The van der Waals surface area contributed by atoms with Crippen LogP contribution in [0.1, 0.15) is 22.9 Å². The lowest BCUT2D eigenvalue weighted by atomic mass is 9.93. The minimum absolute atomic E-state index is 0.323. The van der Waals surface area contributed by atoms with Crippen LogP contribution in [0.3, 0.4) is 0 Å². The first-order chi connectivity index (χ1) is 22.0. The van der Waals surface area contributed by atoms with Crippen molar-refractivity contribution in [2.75, 3.05) is 38.7 Å². The van der Waals surface area contributed by atoms with Gasteiger partial charge >= 0.3 is 0 Å². The fourth-order valence-electron chi connectivity index (χ4n) is 5.91. The Balaban J connectivity index is 1.48. The molecule has 2 aliphatic rings. The van der Waals surface area contributed by atoms with E-state index in [1.807, 2.05) is 90.5 Å². The van der Waals surface area contributed by atoms with E-state index in [9.17, 15) is 0 Å². The molecule has 0 saturated carbocycles. The zero-order chi connectivity index (χ0) is 31.1. The summed E-state index contributed by atoms with van der Waals surface area (Å²) in [4.78, 5) is 12.6. The molecule has 1 N–H and O–H groups in total. The predicted molar refractivity (Wildman–Crippen MR) is 176 cm³/mol. The second-order valence-electron chi connectivity index (χ2n) is 10.5. The van der Waals surface area contributed by atoms with E-state index in [-0.39, 0.29) is 6.04 Å². The largest absolute Gasteiger partial charge is 0.497 e. The maximum atomic E-state index is 5.76. The fourth-order valence-corrected chi connectivity index (χ4v) is 5.91. The van der Waals surface area contributed by atoms with Crippen LogP contribution in [-0.2, 0) is 0 Å². The minimum Gasteiger partial charge on any atom is -0.497 e. The molecule has 4 aromatic carbocycles. The Bertz CT molecular complexity index is 1970. The average molecular weight is 601 g/mol. The molecule has 226 valence electrons. The first-order valence-corrected chi connectivity index (χ1v) is 14.5. The van der Waals surface area contributed by atoms with Gasteiger partial charge in [-0.3, -0.25) is 0 Å². The van der Waals surface area contributed by atoms with Gasteiger partial charge in [-0.05, 0) is 61.0 Å². The Labute approximate surface area is 261 Å². The SMILES string of the molecule is COc1ccc(NC2=Nc3ccccc3N3C2=Nc2c(c(C)nn2-c2ccccc2)[C@@H]3c2ccc(OC)c(OC)c2)c(OC)c1. The predicted octanol–water partition coefficient (Wildman–Crippen LogP) is 7.01. The van der Waals surface area contributed by atoms with Crippen molar-refractivity contribution in [3.63, 3.8) is 0 Å². The number of hydrogen-bond donors (Lipinski definition) is 1. The van der Waals surface area contributed by atoms with Crippen LogP contribution in [0.4, 0.5) is 22.9 Å². The van der Waals surface area contributed by atoms with E-state index in [4.69, 9.17) is 34.0 Å². The van der Waals surface area contributed by atoms with Crippen LogP contribution >= 0.6 is 0 Å². The molecule has 45 heavy (non-hydrogen) atoms. The Hall–Kier alpha value is -5.77. The second kappa shape index (κ2) is 11.4. The van der Waals surface area contributed by atoms with Crippen molar-refractivity contribution in [1.29, 1.82) is 0 Å². The fraction of sp³-hybridized carbons (Fsp3) is 0.171. The quantitative estimate of drug-likeness (QED) is 0.215. The van der Waals surface area contributed by atoms with Gasteiger partial charge in [0.25, 0.3) is 0 Å². The van der Waals surface area contributed by atoms with E-state index in [1.165, 1.54) is 0 Å². The topological polar surface area (TPSA) is 94.7 Å². The molecule has 0 radical (unpaired) electrons. The lowest BCUT2D eigenvalue weighted by molar-refractivity contribution is 0.354. The second-order valence-corrected chi connectivity index (χ2v) is 10.5. The lowest BCUT2D eigenvalue weighted by Gasteiger charge is -2.40. The summed E-state index contributed by atoms with van der Waals surface area (Å²) in [5.74, 6) is 4.50. The molecule has 10 heteroatoms. The van der Waals surface area contributed by atoms with E-state index in [0.29, 0.717) is 34.7 Å². The first-order valence-electron chi connectivity index (χ1n) is 14.5. The van der Waals surface area contributed by atoms with Gasteiger partial charge in [-0.25, -0.2) is 14.7 Å². The van der Waals surface area contributed by atoms with E-state index in [2.05, 4.69) is 22.3 Å². The van der Waals surface area contributed by atoms with Crippen LogP contribution in [0.2, 0.25) is 0 Å². The number of aryl methyl sites for hydroxylation is 1. The first kappa shape index (κ1) is 28.0. The van der Waals surface area contributed by atoms with E-state index in [1.54, 1.807) is 28.4 Å².